The highest BCUT2D eigenvalue weighted by atomic mass is 127. The number of halogens is 1. The van der Waals surface area contributed by atoms with E-state index >= 15 is 0 Å². The van der Waals surface area contributed by atoms with Gasteiger partial charge in [-0.2, -0.15) is 0 Å². The predicted octanol–water partition coefficient (Wildman–Crippen LogP) is 2.05. The van der Waals surface area contributed by atoms with Crippen LogP contribution in [0.25, 0.3) is 0 Å². The van der Waals surface area contributed by atoms with E-state index in [4.69, 9.17) is 4.52 Å². The van der Waals surface area contributed by atoms with Gasteiger partial charge in [-0.1, -0.05) is 19.0 Å². The van der Waals surface area contributed by atoms with Gasteiger partial charge in [0, 0.05) is 39.7 Å². The van der Waals surface area contributed by atoms with Crippen LogP contribution in [-0.4, -0.2) is 37.2 Å². The summed E-state index contributed by atoms with van der Waals surface area (Å²) in [6.45, 7) is 4.87. The van der Waals surface area contributed by atoms with E-state index in [2.05, 4.69) is 29.3 Å². The van der Waals surface area contributed by atoms with E-state index in [1.54, 1.807) is 7.05 Å². The summed E-state index contributed by atoms with van der Waals surface area (Å²) in [5, 5.41) is 7.38. The molecule has 0 unspecified atom stereocenters. The number of nitrogens with zero attached hydrogens (tertiary/aromatic N) is 3. The van der Waals surface area contributed by atoms with E-state index in [0.29, 0.717) is 6.54 Å². The SMILES string of the molecule is CCc1noc(CC)c1CNC(=NC)N(C)C.I. The quantitative estimate of drug-likeness (QED) is 0.504. The van der Waals surface area contributed by atoms with Gasteiger partial charge in [-0.05, 0) is 6.42 Å². The number of aryl methyl sites for hydroxylation is 2. The summed E-state index contributed by atoms with van der Waals surface area (Å²) in [4.78, 5) is 6.13. The Morgan fingerprint density at radius 2 is 2.00 bits per heavy atom. The smallest absolute Gasteiger partial charge is 0.193 e. The van der Waals surface area contributed by atoms with Gasteiger partial charge in [0.15, 0.2) is 5.96 Å². The van der Waals surface area contributed by atoms with Crippen LogP contribution < -0.4 is 5.32 Å². The Labute approximate surface area is 126 Å². The molecule has 0 aliphatic carbocycles. The third-order valence-electron chi connectivity index (χ3n) is 2.67. The Morgan fingerprint density at radius 3 is 2.44 bits per heavy atom. The highest BCUT2D eigenvalue weighted by molar-refractivity contribution is 14.0. The van der Waals surface area contributed by atoms with Gasteiger partial charge in [-0.15, -0.1) is 24.0 Å². The summed E-state index contributed by atoms with van der Waals surface area (Å²) in [6.07, 6.45) is 1.76. The molecule has 0 bridgehead atoms. The van der Waals surface area contributed by atoms with Crippen molar-refractivity contribution in [2.75, 3.05) is 21.1 Å². The van der Waals surface area contributed by atoms with Gasteiger partial charge in [0.05, 0.1) is 5.69 Å². The molecule has 18 heavy (non-hydrogen) atoms. The van der Waals surface area contributed by atoms with Gasteiger partial charge in [0.1, 0.15) is 5.76 Å². The number of rotatable bonds is 4. The Kier molecular flexibility index (Phi) is 7.97. The molecule has 1 aromatic heterocycles. The lowest BCUT2D eigenvalue weighted by Gasteiger charge is -2.16. The summed E-state index contributed by atoms with van der Waals surface area (Å²) in [5.74, 6) is 1.82. The summed E-state index contributed by atoms with van der Waals surface area (Å²) in [7, 11) is 5.70. The molecule has 6 heteroatoms. The van der Waals surface area contributed by atoms with Crippen LogP contribution in [0.1, 0.15) is 30.9 Å². The molecule has 0 amide bonds. The van der Waals surface area contributed by atoms with Crippen LogP contribution >= 0.6 is 24.0 Å². The van der Waals surface area contributed by atoms with Crippen LogP contribution in [0.3, 0.4) is 0 Å². The Hall–Kier alpha value is -0.790. The monoisotopic (exact) mass is 366 g/mol. The number of aromatic nitrogens is 1. The molecule has 1 N–H and O–H groups in total. The molecule has 0 radical (unpaired) electrons. The van der Waals surface area contributed by atoms with Crippen molar-refractivity contribution in [3.63, 3.8) is 0 Å². The second kappa shape index (κ2) is 8.34. The molecular formula is C12H23IN4O. The highest BCUT2D eigenvalue weighted by Gasteiger charge is 2.13. The Morgan fingerprint density at radius 1 is 1.33 bits per heavy atom. The first-order chi connectivity index (χ1) is 8.13. The van der Waals surface area contributed by atoms with Crippen molar-refractivity contribution in [1.82, 2.24) is 15.4 Å². The van der Waals surface area contributed by atoms with Gasteiger partial charge < -0.3 is 14.7 Å². The predicted molar refractivity (Wildman–Crippen MR) is 84.6 cm³/mol. The molecule has 0 fully saturated rings. The van der Waals surface area contributed by atoms with Crippen LogP contribution in [0.5, 0.6) is 0 Å². The third kappa shape index (κ3) is 4.15. The van der Waals surface area contributed by atoms with Crippen molar-refractivity contribution in [3.8, 4) is 0 Å². The highest BCUT2D eigenvalue weighted by Crippen LogP contribution is 2.15. The molecular weight excluding hydrogens is 343 g/mol. The van der Waals surface area contributed by atoms with E-state index in [-0.39, 0.29) is 24.0 Å². The van der Waals surface area contributed by atoms with Crippen molar-refractivity contribution < 1.29 is 4.52 Å². The molecule has 1 rings (SSSR count). The molecule has 0 atom stereocenters. The molecule has 0 spiro atoms. The molecule has 104 valence electrons. The third-order valence-corrected chi connectivity index (χ3v) is 2.67. The fourth-order valence-electron chi connectivity index (χ4n) is 1.74. The molecule has 5 nitrogen and oxygen atoms in total. The lowest BCUT2D eigenvalue weighted by Crippen LogP contribution is -2.36. The number of hydrogen-bond donors (Lipinski definition) is 1. The zero-order valence-corrected chi connectivity index (χ0v) is 14.1. The number of aliphatic imine (C=N–C) groups is 1. The topological polar surface area (TPSA) is 53.7 Å². The maximum atomic E-state index is 5.32. The molecule has 0 aromatic carbocycles. The van der Waals surface area contributed by atoms with Crippen molar-refractivity contribution in [2.24, 2.45) is 4.99 Å². The minimum Gasteiger partial charge on any atom is -0.361 e. The normalized spacial score (nSPS) is 11.1. The lowest BCUT2D eigenvalue weighted by molar-refractivity contribution is 0.380. The largest absolute Gasteiger partial charge is 0.361 e. The summed E-state index contributed by atoms with van der Waals surface area (Å²) in [5.41, 5.74) is 2.20. The first-order valence-electron chi connectivity index (χ1n) is 5.98. The second-order valence-corrected chi connectivity index (χ2v) is 4.03. The van der Waals surface area contributed by atoms with Crippen molar-refractivity contribution >= 4 is 29.9 Å². The number of hydrogen-bond acceptors (Lipinski definition) is 3. The van der Waals surface area contributed by atoms with Gasteiger partial charge in [-0.3, -0.25) is 4.99 Å². The first-order valence-corrected chi connectivity index (χ1v) is 5.98. The van der Waals surface area contributed by atoms with Crippen molar-refractivity contribution in [2.45, 2.75) is 33.2 Å². The average Bonchev–Trinajstić information content (AvgIpc) is 2.71. The first kappa shape index (κ1) is 17.2. The number of guanidine groups is 1. The zero-order chi connectivity index (χ0) is 12.8. The van der Waals surface area contributed by atoms with Gasteiger partial charge in [-0.25, -0.2) is 0 Å². The minimum absolute atomic E-state index is 0. The summed E-state index contributed by atoms with van der Waals surface area (Å²) < 4.78 is 5.32. The Bertz CT molecular complexity index is 366. The van der Waals surface area contributed by atoms with Crippen molar-refractivity contribution in [1.29, 1.82) is 0 Å². The Balaban J connectivity index is 0.00000289. The van der Waals surface area contributed by atoms with Gasteiger partial charge >= 0.3 is 0 Å². The standard InChI is InChI=1S/C12H22N4O.HI/c1-6-10-9(11(7-2)17-15-10)8-14-12(13-3)16(4)5;/h6-8H2,1-5H3,(H,13,14);1H. The van der Waals surface area contributed by atoms with E-state index in [0.717, 1.165) is 35.8 Å². The molecule has 0 aliphatic rings. The van der Waals surface area contributed by atoms with Crippen LogP contribution in [0.4, 0.5) is 0 Å². The van der Waals surface area contributed by atoms with Crippen LogP contribution in [0.15, 0.2) is 9.52 Å². The average molecular weight is 366 g/mol. The van der Waals surface area contributed by atoms with E-state index in [9.17, 15) is 0 Å². The maximum absolute atomic E-state index is 5.32. The minimum atomic E-state index is 0. The van der Waals surface area contributed by atoms with Crippen LogP contribution in [-0.2, 0) is 19.4 Å². The molecule has 0 saturated heterocycles. The lowest BCUT2D eigenvalue weighted by atomic mass is 10.1. The van der Waals surface area contributed by atoms with E-state index in [1.807, 2.05) is 19.0 Å². The maximum Gasteiger partial charge on any atom is 0.193 e. The fourth-order valence-corrected chi connectivity index (χ4v) is 1.74. The van der Waals surface area contributed by atoms with Crippen molar-refractivity contribution in [3.05, 3.63) is 17.0 Å². The number of nitrogens with one attached hydrogen (secondary N) is 1. The van der Waals surface area contributed by atoms with Gasteiger partial charge in [0.25, 0.3) is 0 Å². The van der Waals surface area contributed by atoms with Crippen LogP contribution in [0.2, 0.25) is 0 Å². The molecule has 0 saturated carbocycles. The summed E-state index contributed by atoms with van der Waals surface area (Å²) in [6, 6.07) is 0. The second-order valence-electron chi connectivity index (χ2n) is 4.03. The van der Waals surface area contributed by atoms with E-state index < -0.39 is 0 Å². The molecule has 0 aliphatic heterocycles. The fraction of sp³-hybridized carbons (Fsp3) is 0.667. The summed E-state index contributed by atoms with van der Waals surface area (Å²) >= 11 is 0. The van der Waals surface area contributed by atoms with E-state index in [1.165, 1.54) is 0 Å². The van der Waals surface area contributed by atoms with Crippen LogP contribution in [0, 0.1) is 0 Å². The molecule has 1 aromatic rings. The zero-order valence-electron chi connectivity index (χ0n) is 11.8. The molecule has 1 heterocycles. The van der Waals surface area contributed by atoms with Gasteiger partial charge in [0.2, 0.25) is 0 Å².